The van der Waals surface area contributed by atoms with Crippen molar-refractivity contribution in [1.29, 1.82) is 0 Å². The predicted octanol–water partition coefficient (Wildman–Crippen LogP) is 2.53. The molecule has 0 heterocycles. The lowest BCUT2D eigenvalue weighted by Crippen LogP contribution is -2.43. The summed E-state index contributed by atoms with van der Waals surface area (Å²) in [6, 6.07) is 7.45. The maximum atomic E-state index is 11.9. The fourth-order valence-electron chi connectivity index (χ4n) is 1.90. The van der Waals surface area contributed by atoms with Crippen LogP contribution < -0.4 is 10.6 Å². The molecule has 1 aromatic carbocycles. The fourth-order valence-corrected chi connectivity index (χ4v) is 2.10. The number of halogens is 1. The standard InChI is InChI=1S/C15H23ClN2O2/c1-11(13-6-4-7-14(16)10-13)18-12(2)15(19)17-8-5-9-20-3/h4,6-7,10-12,18H,5,8-9H2,1-3H3,(H,17,19)/t11-,12?/m0/s1. The highest BCUT2D eigenvalue weighted by Crippen LogP contribution is 2.17. The topological polar surface area (TPSA) is 50.4 Å². The van der Waals surface area contributed by atoms with Crippen LogP contribution in [0.15, 0.2) is 24.3 Å². The SMILES string of the molecule is COCCCNC(=O)C(C)N[C@@H](C)c1cccc(Cl)c1. The van der Waals surface area contributed by atoms with Gasteiger partial charge < -0.3 is 10.1 Å². The summed E-state index contributed by atoms with van der Waals surface area (Å²) in [5.41, 5.74) is 1.07. The lowest BCUT2D eigenvalue weighted by Gasteiger charge is -2.20. The minimum Gasteiger partial charge on any atom is -0.385 e. The first-order valence-electron chi connectivity index (χ1n) is 6.82. The lowest BCUT2D eigenvalue weighted by molar-refractivity contribution is -0.122. The van der Waals surface area contributed by atoms with Gasteiger partial charge in [-0.2, -0.15) is 0 Å². The van der Waals surface area contributed by atoms with Gasteiger partial charge in [-0.15, -0.1) is 0 Å². The largest absolute Gasteiger partial charge is 0.385 e. The minimum atomic E-state index is -0.258. The van der Waals surface area contributed by atoms with Crippen LogP contribution in [-0.4, -0.2) is 32.2 Å². The first-order chi connectivity index (χ1) is 9.54. The zero-order valence-corrected chi connectivity index (χ0v) is 13.0. The van der Waals surface area contributed by atoms with Crippen LogP contribution in [0.5, 0.6) is 0 Å². The smallest absolute Gasteiger partial charge is 0.236 e. The molecule has 0 aliphatic carbocycles. The van der Waals surface area contributed by atoms with Gasteiger partial charge in [0.1, 0.15) is 0 Å². The molecule has 0 aliphatic rings. The number of benzene rings is 1. The van der Waals surface area contributed by atoms with Crippen LogP contribution in [0.2, 0.25) is 5.02 Å². The zero-order valence-electron chi connectivity index (χ0n) is 12.3. The summed E-state index contributed by atoms with van der Waals surface area (Å²) in [7, 11) is 1.65. The molecule has 1 rings (SSSR count). The molecule has 4 nitrogen and oxygen atoms in total. The van der Waals surface area contributed by atoms with Gasteiger partial charge in [0.25, 0.3) is 0 Å². The van der Waals surface area contributed by atoms with Gasteiger partial charge in [0.05, 0.1) is 6.04 Å². The van der Waals surface area contributed by atoms with E-state index in [4.69, 9.17) is 16.3 Å². The summed E-state index contributed by atoms with van der Waals surface area (Å²) >= 11 is 5.97. The molecular formula is C15H23ClN2O2. The third kappa shape index (κ3) is 5.90. The molecule has 0 saturated carbocycles. The number of methoxy groups -OCH3 is 1. The molecule has 0 saturated heterocycles. The molecule has 0 radical (unpaired) electrons. The molecule has 112 valence electrons. The van der Waals surface area contributed by atoms with Crippen molar-refractivity contribution in [3.05, 3.63) is 34.9 Å². The van der Waals surface area contributed by atoms with E-state index in [1.165, 1.54) is 0 Å². The van der Waals surface area contributed by atoms with Crippen LogP contribution in [-0.2, 0) is 9.53 Å². The molecule has 1 aromatic rings. The molecule has 2 N–H and O–H groups in total. The van der Waals surface area contributed by atoms with Crippen molar-refractivity contribution in [2.24, 2.45) is 0 Å². The van der Waals surface area contributed by atoms with E-state index in [-0.39, 0.29) is 18.0 Å². The number of carbonyl (C=O) groups excluding carboxylic acids is 1. The quantitative estimate of drug-likeness (QED) is 0.725. The van der Waals surface area contributed by atoms with E-state index in [1.807, 2.05) is 38.1 Å². The number of amides is 1. The zero-order chi connectivity index (χ0) is 15.0. The first-order valence-corrected chi connectivity index (χ1v) is 7.20. The maximum absolute atomic E-state index is 11.9. The first kappa shape index (κ1) is 17.0. The van der Waals surface area contributed by atoms with Crippen LogP contribution in [0.1, 0.15) is 31.9 Å². The molecule has 0 aromatic heterocycles. The van der Waals surface area contributed by atoms with Crippen molar-refractivity contribution >= 4 is 17.5 Å². The third-order valence-electron chi connectivity index (χ3n) is 3.07. The Morgan fingerprint density at radius 1 is 1.40 bits per heavy atom. The van der Waals surface area contributed by atoms with E-state index in [9.17, 15) is 4.79 Å². The lowest BCUT2D eigenvalue weighted by atomic mass is 10.1. The Morgan fingerprint density at radius 2 is 2.15 bits per heavy atom. The van der Waals surface area contributed by atoms with Gasteiger partial charge in [-0.3, -0.25) is 10.1 Å². The number of rotatable bonds is 8. The van der Waals surface area contributed by atoms with E-state index in [1.54, 1.807) is 7.11 Å². The van der Waals surface area contributed by atoms with Crippen molar-refractivity contribution in [2.75, 3.05) is 20.3 Å². The summed E-state index contributed by atoms with van der Waals surface area (Å²) in [4.78, 5) is 11.9. The van der Waals surface area contributed by atoms with E-state index >= 15 is 0 Å². The van der Waals surface area contributed by atoms with Crippen molar-refractivity contribution in [3.63, 3.8) is 0 Å². The molecule has 0 fully saturated rings. The molecule has 0 aliphatic heterocycles. The highest BCUT2D eigenvalue weighted by atomic mass is 35.5. The van der Waals surface area contributed by atoms with Crippen LogP contribution in [0.3, 0.4) is 0 Å². The normalized spacial score (nSPS) is 13.8. The van der Waals surface area contributed by atoms with Crippen LogP contribution in [0, 0.1) is 0 Å². The summed E-state index contributed by atoms with van der Waals surface area (Å²) in [5.74, 6) is -0.00465. The molecule has 2 atom stereocenters. The van der Waals surface area contributed by atoms with Gasteiger partial charge in [-0.1, -0.05) is 23.7 Å². The van der Waals surface area contributed by atoms with E-state index in [0.717, 1.165) is 12.0 Å². The second-order valence-corrected chi connectivity index (χ2v) is 5.24. The number of hydrogen-bond donors (Lipinski definition) is 2. The highest BCUT2D eigenvalue weighted by Gasteiger charge is 2.15. The van der Waals surface area contributed by atoms with Gasteiger partial charge >= 0.3 is 0 Å². The van der Waals surface area contributed by atoms with Crippen molar-refractivity contribution < 1.29 is 9.53 Å². The Kier molecular flexibility index (Phi) is 7.59. The van der Waals surface area contributed by atoms with Gasteiger partial charge in [0.2, 0.25) is 5.91 Å². The molecular weight excluding hydrogens is 276 g/mol. The second-order valence-electron chi connectivity index (χ2n) is 4.80. The molecule has 0 spiro atoms. The minimum absolute atomic E-state index is 0.00465. The van der Waals surface area contributed by atoms with Crippen LogP contribution >= 0.6 is 11.6 Å². The maximum Gasteiger partial charge on any atom is 0.236 e. The van der Waals surface area contributed by atoms with Crippen molar-refractivity contribution in [3.8, 4) is 0 Å². The van der Waals surface area contributed by atoms with Gasteiger partial charge in [-0.05, 0) is 38.0 Å². The van der Waals surface area contributed by atoms with Gasteiger partial charge in [-0.25, -0.2) is 0 Å². The number of nitrogens with one attached hydrogen (secondary N) is 2. The van der Waals surface area contributed by atoms with Crippen LogP contribution in [0.25, 0.3) is 0 Å². The summed E-state index contributed by atoms with van der Waals surface area (Å²) < 4.78 is 4.94. The molecule has 1 amide bonds. The average Bonchev–Trinajstić information content (AvgIpc) is 2.43. The third-order valence-corrected chi connectivity index (χ3v) is 3.30. The Bertz CT molecular complexity index is 426. The monoisotopic (exact) mass is 298 g/mol. The van der Waals surface area contributed by atoms with Gasteiger partial charge in [0, 0.05) is 31.3 Å². The summed E-state index contributed by atoms with van der Waals surface area (Å²) in [6.45, 7) is 5.15. The highest BCUT2D eigenvalue weighted by molar-refractivity contribution is 6.30. The Hall–Kier alpha value is -1.10. The number of ether oxygens (including phenoxy) is 1. The fraction of sp³-hybridized carbons (Fsp3) is 0.533. The Balaban J connectivity index is 2.40. The Morgan fingerprint density at radius 3 is 2.80 bits per heavy atom. The van der Waals surface area contributed by atoms with Gasteiger partial charge in [0.15, 0.2) is 0 Å². The molecule has 0 bridgehead atoms. The summed E-state index contributed by atoms with van der Waals surface area (Å²) in [5, 5.41) is 6.84. The molecule has 5 heteroatoms. The van der Waals surface area contributed by atoms with E-state index in [0.29, 0.717) is 18.2 Å². The average molecular weight is 299 g/mol. The van der Waals surface area contributed by atoms with E-state index in [2.05, 4.69) is 10.6 Å². The van der Waals surface area contributed by atoms with Crippen LogP contribution in [0.4, 0.5) is 0 Å². The Labute approximate surface area is 125 Å². The van der Waals surface area contributed by atoms with E-state index < -0.39 is 0 Å². The number of hydrogen-bond acceptors (Lipinski definition) is 3. The predicted molar refractivity (Wildman–Crippen MR) is 82.0 cm³/mol. The van der Waals surface area contributed by atoms with Crippen molar-refractivity contribution in [2.45, 2.75) is 32.4 Å². The number of carbonyl (C=O) groups is 1. The van der Waals surface area contributed by atoms with Crippen molar-refractivity contribution in [1.82, 2.24) is 10.6 Å². The summed E-state index contributed by atoms with van der Waals surface area (Å²) in [6.07, 6.45) is 0.818. The molecule has 20 heavy (non-hydrogen) atoms. The second kappa shape index (κ2) is 8.95. The molecule has 1 unspecified atom stereocenters.